The summed E-state index contributed by atoms with van der Waals surface area (Å²) in [6.07, 6.45) is 2.94. The van der Waals surface area contributed by atoms with Crippen molar-refractivity contribution in [2.45, 2.75) is 45.4 Å². The van der Waals surface area contributed by atoms with E-state index < -0.39 is 10.0 Å². The van der Waals surface area contributed by atoms with E-state index in [1.807, 2.05) is 12.1 Å². The largest absolute Gasteiger partial charge is 0.351 e. The van der Waals surface area contributed by atoms with E-state index in [1.165, 1.54) is 0 Å². The lowest BCUT2D eigenvalue weighted by Crippen LogP contribution is -2.40. The smallest absolute Gasteiger partial charge is 0.251 e. The van der Waals surface area contributed by atoms with Gasteiger partial charge in [0.25, 0.3) is 5.91 Å². The fraction of sp³-hybridized carbons (Fsp3) is 0.611. The molecule has 24 heavy (non-hydrogen) atoms. The van der Waals surface area contributed by atoms with Crippen LogP contribution >= 0.6 is 0 Å². The van der Waals surface area contributed by atoms with Crippen molar-refractivity contribution in [3.05, 3.63) is 35.4 Å². The van der Waals surface area contributed by atoms with Gasteiger partial charge in [0, 0.05) is 25.2 Å². The third-order valence-corrected chi connectivity index (χ3v) is 6.24. The molecule has 1 N–H and O–H groups in total. The van der Waals surface area contributed by atoms with E-state index in [0.717, 1.165) is 24.8 Å². The summed E-state index contributed by atoms with van der Waals surface area (Å²) in [5.74, 6) is -0.275. The van der Waals surface area contributed by atoms with Gasteiger partial charge in [0.15, 0.2) is 0 Å². The van der Waals surface area contributed by atoms with Crippen LogP contribution in [0.3, 0.4) is 0 Å². The molecule has 0 radical (unpaired) electrons. The molecule has 0 aliphatic carbocycles. The highest BCUT2D eigenvalue weighted by Crippen LogP contribution is 2.22. The number of hydrogen-bond acceptors (Lipinski definition) is 3. The van der Waals surface area contributed by atoms with E-state index in [0.29, 0.717) is 18.7 Å². The average Bonchev–Trinajstić information content (AvgIpc) is 2.55. The molecule has 1 aromatic rings. The number of sulfonamides is 1. The summed E-state index contributed by atoms with van der Waals surface area (Å²) in [6.45, 7) is 7.70. The molecule has 1 fully saturated rings. The van der Waals surface area contributed by atoms with Gasteiger partial charge in [-0.25, -0.2) is 12.7 Å². The summed E-state index contributed by atoms with van der Waals surface area (Å²) < 4.78 is 26.0. The summed E-state index contributed by atoms with van der Waals surface area (Å²) in [7, 11) is -3.27. The molecular formula is C18H28N2O3S. The maximum Gasteiger partial charge on any atom is 0.251 e. The van der Waals surface area contributed by atoms with Crippen LogP contribution in [0.5, 0.6) is 0 Å². The lowest BCUT2D eigenvalue weighted by Gasteiger charge is -2.25. The second-order valence-corrected chi connectivity index (χ2v) is 9.45. The Morgan fingerprint density at radius 3 is 2.21 bits per heavy atom. The lowest BCUT2D eigenvalue weighted by molar-refractivity contribution is 0.0956. The number of rotatable bonds is 5. The van der Waals surface area contributed by atoms with Gasteiger partial charge in [-0.05, 0) is 36.0 Å². The van der Waals surface area contributed by atoms with E-state index in [1.54, 1.807) is 16.4 Å². The molecule has 0 bridgehead atoms. The van der Waals surface area contributed by atoms with Crippen molar-refractivity contribution in [3.63, 3.8) is 0 Å². The SMILES string of the molecule is CC(C)(C)c1ccc(C(=O)NCCS(=O)(=O)N2CCCCC2)cc1. The number of piperidine rings is 1. The van der Waals surface area contributed by atoms with Crippen LogP contribution in [0, 0.1) is 0 Å². The van der Waals surface area contributed by atoms with E-state index in [2.05, 4.69) is 26.1 Å². The zero-order chi connectivity index (χ0) is 17.8. The van der Waals surface area contributed by atoms with Gasteiger partial charge >= 0.3 is 0 Å². The van der Waals surface area contributed by atoms with Crippen LogP contribution in [0.25, 0.3) is 0 Å². The maximum atomic E-state index is 12.2. The minimum atomic E-state index is -3.27. The fourth-order valence-electron chi connectivity index (χ4n) is 2.79. The van der Waals surface area contributed by atoms with Gasteiger partial charge in [-0.2, -0.15) is 0 Å². The lowest BCUT2D eigenvalue weighted by atomic mass is 9.87. The molecule has 1 aliphatic rings. The highest BCUT2D eigenvalue weighted by Gasteiger charge is 2.23. The van der Waals surface area contributed by atoms with Gasteiger partial charge in [-0.3, -0.25) is 4.79 Å². The van der Waals surface area contributed by atoms with Crippen LogP contribution in [0.15, 0.2) is 24.3 Å². The Balaban J connectivity index is 1.86. The zero-order valence-electron chi connectivity index (χ0n) is 14.8. The average molecular weight is 353 g/mol. The molecule has 1 saturated heterocycles. The fourth-order valence-corrected chi connectivity index (χ4v) is 4.22. The number of hydrogen-bond donors (Lipinski definition) is 1. The molecule has 2 rings (SSSR count). The molecule has 0 atom stereocenters. The van der Waals surface area contributed by atoms with Crippen LogP contribution in [0.4, 0.5) is 0 Å². The summed E-state index contributed by atoms with van der Waals surface area (Å²) in [6, 6.07) is 7.46. The van der Waals surface area contributed by atoms with Gasteiger partial charge in [-0.15, -0.1) is 0 Å². The quantitative estimate of drug-likeness (QED) is 0.885. The van der Waals surface area contributed by atoms with Crippen LogP contribution in [0.2, 0.25) is 0 Å². The monoisotopic (exact) mass is 352 g/mol. The van der Waals surface area contributed by atoms with Gasteiger partial charge < -0.3 is 5.32 Å². The first kappa shape index (κ1) is 18.9. The molecule has 1 amide bonds. The molecule has 0 aromatic heterocycles. The Kier molecular flexibility index (Phi) is 6.04. The first-order valence-corrected chi connectivity index (χ1v) is 10.2. The number of benzene rings is 1. The molecule has 5 nitrogen and oxygen atoms in total. The standard InChI is InChI=1S/C18H28N2O3S/c1-18(2,3)16-9-7-15(8-10-16)17(21)19-11-14-24(22,23)20-12-5-4-6-13-20/h7-10H,4-6,11-14H2,1-3H3,(H,19,21). The van der Waals surface area contributed by atoms with E-state index in [9.17, 15) is 13.2 Å². The molecule has 0 saturated carbocycles. The van der Waals surface area contributed by atoms with Crippen molar-refractivity contribution in [3.8, 4) is 0 Å². The first-order valence-electron chi connectivity index (χ1n) is 8.57. The summed E-state index contributed by atoms with van der Waals surface area (Å²) in [5.41, 5.74) is 1.75. The topological polar surface area (TPSA) is 66.5 Å². The Hall–Kier alpha value is -1.40. The minimum Gasteiger partial charge on any atom is -0.351 e. The van der Waals surface area contributed by atoms with Crippen LogP contribution in [-0.2, 0) is 15.4 Å². The highest BCUT2D eigenvalue weighted by atomic mass is 32.2. The Bertz CT molecular complexity index is 654. The normalized spacial score (nSPS) is 16.8. The second-order valence-electron chi connectivity index (χ2n) is 7.36. The highest BCUT2D eigenvalue weighted by molar-refractivity contribution is 7.89. The van der Waals surface area contributed by atoms with Gasteiger partial charge in [0.05, 0.1) is 5.75 Å². The predicted molar refractivity (Wildman–Crippen MR) is 96.7 cm³/mol. The molecule has 1 heterocycles. The number of carbonyl (C=O) groups is 1. The van der Waals surface area contributed by atoms with Crippen molar-refractivity contribution >= 4 is 15.9 Å². The first-order chi connectivity index (χ1) is 11.2. The Morgan fingerprint density at radius 1 is 1.08 bits per heavy atom. The predicted octanol–water partition coefficient (Wildman–Crippen LogP) is 2.53. The zero-order valence-corrected chi connectivity index (χ0v) is 15.7. The number of nitrogens with one attached hydrogen (secondary N) is 1. The van der Waals surface area contributed by atoms with Gasteiger partial charge in [-0.1, -0.05) is 39.3 Å². The van der Waals surface area contributed by atoms with E-state index in [-0.39, 0.29) is 23.6 Å². The molecule has 0 unspecified atom stereocenters. The van der Waals surface area contributed by atoms with Crippen molar-refractivity contribution < 1.29 is 13.2 Å². The second kappa shape index (κ2) is 7.66. The molecule has 6 heteroatoms. The summed E-state index contributed by atoms with van der Waals surface area (Å²) in [5, 5.41) is 2.71. The van der Waals surface area contributed by atoms with E-state index >= 15 is 0 Å². The number of amides is 1. The van der Waals surface area contributed by atoms with Crippen molar-refractivity contribution in [1.29, 1.82) is 0 Å². The van der Waals surface area contributed by atoms with Crippen LogP contribution in [0.1, 0.15) is 56.0 Å². The number of nitrogens with zero attached hydrogens (tertiary/aromatic N) is 1. The molecule has 134 valence electrons. The van der Waals surface area contributed by atoms with Gasteiger partial charge in [0.1, 0.15) is 0 Å². The molecule has 1 aliphatic heterocycles. The minimum absolute atomic E-state index is 0.0392. The van der Waals surface area contributed by atoms with E-state index in [4.69, 9.17) is 0 Å². The van der Waals surface area contributed by atoms with Crippen LogP contribution < -0.4 is 5.32 Å². The Labute approximate surface area is 145 Å². The molecule has 1 aromatic carbocycles. The Morgan fingerprint density at radius 2 is 1.67 bits per heavy atom. The molecule has 0 spiro atoms. The van der Waals surface area contributed by atoms with Crippen LogP contribution in [-0.4, -0.2) is 44.0 Å². The van der Waals surface area contributed by atoms with Gasteiger partial charge in [0.2, 0.25) is 10.0 Å². The molecular weight excluding hydrogens is 324 g/mol. The van der Waals surface area contributed by atoms with Crippen molar-refractivity contribution in [2.75, 3.05) is 25.4 Å². The van der Waals surface area contributed by atoms with Crippen molar-refractivity contribution in [1.82, 2.24) is 9.62 Å². The third-order valence-electron chi connectivity index (χ3n) is 4.37. The third kappa shape index (κ3) is 5.05. The van der Waals surface area contributed by atoms with Crippen molar-refractivity contribution in [2.24, 2.45) is 0 Å². The maximum absolute atomic E-state index is 12.2. The number of carbonyl (C=O) groups excluding carboxylic acids is 1. The summed E-state index contributed by atoms with van der Waals surface area (Å²) in [4.78, 5) is 12.1. The summed E-state index contributed by atoms with van der Waals surface area (Å²) >= 11 is 0.